The Labute approximate surface area is 160 Å². The van der Waals surface area contributed by atoms with E-state index in [0.29, 0.717) is 40.7 Å². The summed E-state index contributed by atoms with van der Waals surface area (Å²) in [7, 11) is 1.59. The van der Waals surface area contributed by atoms with Crippen LogP contribution >= 0.6 is 35.0 Å². The van der Waals surface area contributed by atoms with Gasteiger partial charge in [0.25, 0.3) is 0 Å². The van der Waals surface area contributed by atoms with Gasteiger partial charge in [-0.15, -0.1) is 16.8 Å². The van der Waals surface area contributed by atoms with Crippen molar-refractivity contribution in [2.75, 3.05) is 26.0 Å². The summed E-state index contributed by atoms with van der Waals surface area (Å²) in [5.41, 5.74) is 0.719. The van der Waals surface area contributed by atoms with Crippen molar-refractivity contribution in [1.82, 2.24) is 20.1 Å². The van der Waals surface area contributed by atoms with E-state index in [4.69, 9.17) is 27.9 Å². The quantitative estimate of drug-likeness (QED) is 0.397. The topological polar surface area (TPSA) is 69.0 Å². The van der Waals surface area contributed by atoms with E-state index in [1.54, 1.807) is 31.4 Å². The van der Waals surface area contributed by atoms with E-state index in [2.05, 4.69) is 22.1 Å². The third-order valence-corrected chi connectivity index (χ3v) is 4.68. The van der Waals surface area contributed by atoms with Crippen molar-refractivity contribution >= 4 is 40.9 Å². The highest BCUT2D eigenvalue weighted by Crippen LogP contribution is 2.31. The molecule has 1 heterocycles. The second kappa shape index (κ2) is 9.82. The van der Waals surface area contributed by atoms with Crippen molar-refractivity contribution in [1.29, 1.82) is 0 Å². The van der Waals surface area contributed by atoms with E-state index in [-0.39, 0.29) is 11.7 Å². The van der Waals surface area contributed by atoms with E-state index in [1.807, 2.05) is 4.57 Å². The fourth-order valence-electron chi connectivity index (χ4n) is 2.03. The van der Waals surface area contributed by atoms with E-state index >= 15 is 0 Å². The van der Waals surface area contributed by atoms with Crippen LogP contribution in [0.1, 0.15) is 0 Å². The molecule has 0 spiro atoms. The number of amides is 1. The molecule has 1 amide bonds. The minimum atomic E-state index is -0.0960. The van der Waals surface area contributed by atoms with Gasteiger partial charge in [-0.25, -0.2) is 0 Å². The number of aromatic nitrogens is 3. The number of ether oxygens (including phenoxy) is 1. The number of nitrogens with zero attached hydrogens (tertiary/aromatic N) is 3. The Morgan fingerprint density at radius 1 is 1.44 bits per heavy atom. The van der Waals surface area contributed by atoms with Crippen LogP contribution in [0.15, 0.2) is 36.0 Å². The summed E-state index contributed by atoms with van der Waals surface area (Å²) < 4.78 is 6.75. The highest BCUT2D eigenvalue weighted by Gasteiger charge is 2.17. The van der Waals surface area contributed by atoms with Crippen LogP contribution in [0.25, 0.3) is 11.4 Å². The third-order valence-electron chi connectivity index (χ3n) is 3.16. The number of thioether (sulfide) groups is 1. The first-order valence-electron chi connectivity index (χ1n) is 7.44. The molecule has 0 aliphatic heterocycles. The standard InChI is InChI=1S/C16H18Cl2N4O2S/c1-3-7-22-15(12-5-4-11(17)9-13(12)18)20-21-16(22)25-10-14(23)19-6-8-24-2/h3-5,9H,1,6-8,10H2,2H3,(H,19,23). The molecule has 0 radical (unpaired) electrons. The third kappa shape index (κ3) is 5.47. The first-order valence-corrected chi connectivity index (χ1v) is 9.19. The van der Waals surface area contributed by atoms with Gasteiger partial charge in [0.1, 0.15) is 0 Å². The number of carbonyl (C=O) groups excluding carboxylic acids is 1. The number of nitrogens with one attached hydrogen (secondary N) is 1. The summed E-state index contributed by atoms with van der Waals surface area (Å²) in [6.07, 6.45) is 1.74. The van der Waals surface area contributed by atoms with Gasteiger partial charge in [-0.05, 0) is 18.2 Å². The smallest absolute Gasteiger partial charge is 0.230 e. The average molecular weight is 401 g/mol. The van der Waals surface area contributed by atoms with Crippen LogP contribution in [0.5, 0.6) is 0 Å². The molecule has 6 nitrogen and oxygen atoms in total. The molecule has 1 aromatic heterocycles. The number of methoxy groups -OCH3 is 1. The lowest BCUT2D eigenvalue weighted by atomic mass is 10.2. The molecule has 25 heavy (non-hydrogen) atoms. The largest absolute Gasteiger partial charge is 0.383 e. The Hall–Kier alpha value is -1.54. The van der Waals surface area contributed by atoms with Gasteiger partial charge >= 0.3 is 0 Å². The van der Waals surface area contributed by atoms with Gasteiger partial charge in [-0.2, -0.15) is 0 Å². The Morgan fingerprint density at radius 3 is 2.92 bits per heavy atom. The highest BCUT2D eigenvalue weighted by atomic mass is 35.5. The Bertz CT molecular complexity index is 752. The summed E-state index contributed by atoms with van der Waals surface area (Å²) in [6, 6.07) is 5.19. The molecule has 0 atom stereocenters. The van der Waals surface area contributed by atoms with Crippen LogP contribution in [0.2, 0.25) is 10.0 Å². The van der Waals surface area contributed by atoms with Gasteiger partial charge < -0.3 is 10.1 Å². The van der Waals surface area contributed by atoms with Crippen molar-refractivity contribution in [2.24, 2.45) is 0 Å². The number of rotatable bonds is 9. The Kier molecular flexibility index (Phi) is 7.77. The summed E-state index contributed by atoms with van der Waals surface area (Å²) in [5.74, 6) is 0.734. The molecule has 1 aromatic carbocycles. The van der Waals surface area contributed by atoms with E-state index < -0.39 is 0 Å². The van der Waals surface area contributed by atoms with Gasteiger partial charge in [0.05, 0.1) is 17.4 Å². The van der Waals surface area contributed by atoms with Crippen molar-refractivity contribution < 1.29 is 9.53 Å². The van der Waals surface area contributed by atoms with Gasteiger partial charge in [-0.1, -0.05) is 41.0 Å². The zero-order chi connectivity index (χ0) is 18.2. The van der Waals surface area contributed by atoms with Crippen LogP contribution in [0, 0.1) is 0 Å². The molecule has 2 rings (SSSR count). The van der Waals surface area contributed by atoms with Crippen molar-refractivity contribution in [3.8, 4) is 11.4 Å². The minimum absolute atomic E-state index is 0.0960. The minimum Gasteiger partial charge on any atom is -0.383 e. The van der Waals surface area contributed by atoms with Crippen LogP contribution in [-0.2, 0) is 16.1 Å². The van der Waals surface area contributed by atoms with Gasteiger partial charge in [0.15, 0.2) is 11.0 Å². The number of halogens is 2. The van der Waals surface area contributed by atoms with E-state index in [1.165, 1.54) is 11.8 Å². The van der Waals surface area contributed by atoms with Crippen LogP contribution in [0.4, 0.5) is 0 Å². The lowest BCUT2D eigenvalue weighted by Crippen LogP contribution is -2.28. The van der Waals surface area contributed by atoms with Crippen molar-refractivity contribution in [3.63, 3.8) is 0 Å². The number of carbonyl (C=O) groups is 1. The predicted octanol–water partition coefficient (Wildman–Crippen LogP) is 3.29. The summed E-state index contributed by atoms with van der Waals surface area (Å²) in [5, 5.41) is 12.8. The van der Waals surface area contributed by atoms with Crippen molar-refractivity contribution in [2.45, 2.75) is 11.7 Å². The average Bonchev–Trinajstić information content (AvgIpc) is 2.96. The summed E-state index contributed by atoms with van der Waals surface area (Å²) >= 11 is 13.5. The first-order chi connectivity index (χ1) is 12.1. The molecule has 0 bridgehead atoms. The number of allylic oxidation sites excluding steroid dienone is 1. The lowest BCUT2D eigenvalue weighted by molar-refractivity contribution is -0.118. The fourth-order valence-corrected chi connectivity index (χ4v) is 3.30. The Balaban J connectivity index is 2.16. The van der Waals surface area contributed by atoms with Gasteiger partial charge in [-0.3, -0.25) is 9.36 Å². The summed E-state index contributed by atoms with van der Waals surface area (Å²) in [4.78, 5) is 11.8. The maximum Gasteiger partial charge on any atom is 0.230 e. The molecule has 2 aromatic rings. The predicted molar refractivity (Wildman–Crippen MR) is 101 cm³/mol. The SMILES string of the molecule is C=CCn1c(SCC(=O)NCCOC)nnc1-c1ccc(Cl)cc1Cl. The summed E-state index contributed by atoms with van der Waals surface area (Å²) in [6.45, 7) is 5.20. The maximum absolute atomic E-state index is 11.8. The lowest BCUT2D eigenvalue weighted by Gasteiger charge is -2.09. The molecule has 0 fully saturated rings. The fraction of sp³-hybridized carbons (Fsp3) is 0.312. The zero-order valence-corrected chi connectivity index (χ0v) is 16.0. The molecular weight excluding hydrogens is 383 g/mol. The zero-order valence-electron chi connectivity index (χ0n) is 13.7. The van der Waals surface area contributed by atoms with Crippen molar-refractivity contribution in [3.05, 3.63) is 40.9 Å². The number of hydrogen-bond acceptors (Lipinski definition) is 5. The van der Waals surface area contributed by atoms with E-state index in [0.717, 1.165) is 5.56 Å². The van der Waals surface area contributed by atoms with Crippen LogP contribution < -0.4 is 5.32 Å². The van der Waals surface area contributed by atoms with Crippen LogP contribution in [-0.4, -0.2) is 46.7 Å². The molecular formula is C16H18Cl2N4O2S. The van der Waals surface area contributed by atoms with Gasteiger partial charge in [0, 0.05) is 30.8 Å². The number of hydrogen-bond donors (Lipinski definition) is 1. The normalized spacial score (nSPS) is 10.7. The second-order valence-electron chi connectivity index (χ2n) is 4.96. The first kappa shape index (κ1) is 19.8. The van der Waals surface area contributed by atoms with Gasteiger partial charge in [0.2, 0.25) is 5.91 Å². The molecule has 0 saturated heterocycles. The molecule has 9 heteroatoms. The Morgan fingerprint density at radius 2 is 2.24 bits per heavy atom. The molecule has 0 saturated carbocycles. The monoisotopic (exact) mass is 400 g/mol. The molecule has 1 N–H and O–H groups in total. The van der Waals surface area contributed by atoms with E-state index in [9.17, 15) is 4.79 Å². The number of benzene rings is 1. The maximum atomic E-state index is 11.8. The molecule has 0 aliphatic carbocycles. The van der Waals surface area contributed by atoms with Crippen LogP contribution in [0.3, 0.4) is 0 Å². The molecule has 0 aliphatic rings. The molecule has 134 valence electrons. The molecule has 0 unspecified atom stereocenters. The highest BCUT2D eigenvalue weighted by molar-refractivity contribution is 7.99. The second-order valence-corrected chi connectivity index (χ2v) is 6.75.